The fourth-order valence-electron chi connectivity index (χ4n) is 1.64. The molecule has 0 fully saturated rings. The molecule has 18 heavy (non-hydrogen) atoms. The van der Waals surface area contributed by atoms with Gasteiger partial charge in [-0.15, -0.1) is 11.3 Å². The van der Waals surface area contributed by atoms with Crippen LogP contribution in [0.15, 0.2) is 5.38 Å². The molecule has 0 aliphatic carbocycles. The van der Waals surface area contributed by atoms with Crippen LogP contribution in [0, 0.1) is 0 Å². The van der Waals surface area contributed by atoms with E-state index in [1.807, 2.05) is 5.38 Å². The number of hydrogen-bond acceptors (Lipinski definition) is 4. The fraction of sp³-hybridized carbons (Fsp3) is 0.692. The lowest BCUT2D eigenvalue weighted by Gasteiger charge is -2.17. The third-order valence-electron chi connectivity index (χ3n) is 3.14. The van der Waals surface area contributed by atoms with Crippen LogP contribution in [0.1, 0.15) is 52.7 Å². The number of carbonyl (C=O) groups is 1. The summed E-state index contributed by atoms with van der Waals surface area (Å²) >= 11 is 1.48. The lowest BCUT2D eigenvalue weighted by Crippen LogP contribution is -2.29. The molecule has 5 heteroatoms. The molecule has 0 saturated heterocycles. The Bertz CT molecular complexity index is 401. The molecule has 0 amide bonds. The van der Waals surface area contributed by atoms with Gasteiger partial charge in [-0.1, -0.05) is 20.3 Å². The summed E-state index contributed by atoms with van der Waals surface area (Å²) in [5.74, 6) is -0.847. The summed E-state index contributed by atoms with van der Waals surface area (Å²) in [5, 5.41) is 15.2. The second kappa shape index (κ2) is 6.18. The summed E-state index contributed by atoms with van der Waals surface area (Å²) in [4.78, 5) is 15.6. The first-order chi connectivity index (χ1) is 8.41. The van der Waals surface area contributed by atoms with Gasteiger partial charge in [-0.05, 0) is 26.7 Å². The van der Waals surface area contributed by atoms with Gasteiger partial charge in [-0.3, -0.25) is 4.79 Å². The maximum absolute atomic E-state index is 11.2. The van der Waals surface area contributed by atoms with Gasteiger partial charge in [0.2, 0.25) is 0 Å². The highest BCUT2D eigenvalue weighted by atomic mass is 32.1. The lowest BCUT2D eigenvalue weighted by atomic mass is 9.90. The Morgan fingerprint density at radius 1 is 1.56 bits per heavy atom. The number of nitrogens with one attached hydrogen (secondary N) is 1. The van der Waals surface area contributed by atoms with E-state index in [-0.39, 0.29) is 0 Å². The molecule has 0 bridgehead atoms. The number of aromatic nitrogens is 1. The van der Waals surface area contributed by atoms with Gasteiger partial charge in [-0.2, -0.15) is 0 Å². The van der Waals surface area contributed by atoms with Crippen molar-refractivity contribution >= 4 is 22.4 Å². The van der Waals surface area contributed by atoms with E-state index in [1.165, 1.54) is 11.3 Å². The van der Waals surface area contributed by atoms with Crippen molar-refractivity contribution in [2.75, 3.05) is 5.32 Å². The molecule has 0 saturated carbocycles. The maximum Gasteiger partial charge on any atom is 0.315 e. The number of rotatable bonds is 7. The Morgan fingerprint density at radius 3 is 2.72 bits per heavy atom. The predicted molar refractivity (Wildman–Crippen MR) is 75.4 cm³/mol. The van der Waals surface area contributed by atoms with Gasteiger partial charge in [0.25, 0.3) is 0 Å². The number of aliphatic carboxylic acids is 1. The van der Waals surface area contributed by atoms with Crippen molar-refractivity contribution in [2.24, 2.45) is 0 Å². The van der Waals surface area contributed by atoms with Crippen LogP contribution in [0.2, 0.25) is 0 Å². The largest absolute Gasteiger partial charge is 0.481 e. The van der Waals surface area contributed by atoms with Gasteiger partial charge in [0, 0.05) is 11.4 Å². The van der Waals surface area contributed by atoms with E-state index < -0.39 is 11.4 Å². The van der Waals surface area contributed by atoms with Crippen molar-refractivity contribution in [3.05, 3.63) is 11.1 Å². The van der Waals surface area contributed by atoms with Gasteiger partial charge in [-0.25, -0.2) is 4.98 Å². The molecule has 0 aliphatic rings. The highest BCUT2D eigenvalue weighted by Crippen LogP contribution is 2.28. The normalized spacial score (nSPS) is 13.3. The minimum Gasteiger partial charge on any atom is -0.481 e. The minimum absolute atomic E-state index is 0.418. The zero-order valence-corrected chi connectivity index (χ0v) is 12.3. The number of hydrogen-bond donors (Lipinski definition) is 2. The van der Waals surface area contributed by atoms with Crippen LogP contribution >= 0.6 is 11.3 Å². The van der Waals surface area contributed by atoms with E-state index in [0.29, 0.717) is 11.7 Å². The molecule has 2 N–H and O–H groups in total. The molecule has 1 unspecified atom stereocenters. The van der Waals surface area contributed by atoms with Gasteiger partial charge in [0.05, 0.1) is 5.69 Å². The molecule has 0 radical (unpaired) electrons. The van der Waals surface area contributed by atoms with Crippen molar-refractivity contribution < 1.29 is 9.90 Å². The first-order valence-electron chi connectivity index (χ1n) is 6.37. The molecule has 0 aromatic carbocycles. The molecule has 102 valence electrons. The Kier molecular flexibility index (Phi) is 5.14. The second-order valence-corrected chi connectivity index (χ2v) is 5.86. The van der Waals surface area contributed by atoms with Crippen LogP contribution in [0.3, 0.4) is 0 Å². The van der Waals surface area contributed by atoms with E-state index in [0.717, 1.165) is 24.4 Å². The molecule has 1 rings (SSSR count). The molecule has 0 aliphatic heterocycles. The molecule has 1 aromatic rings. The highest BCUT2D eigenvalue weighted by molar-refractivity contribution is 7.13. The van der Waals surface area contributed by atoms with E-state index in [4.69, 9.17) is 5.11 Å². The van der Waals surface area contributed by atoms with Crippen molar-refractivity contribution in [1.29, 1.82) is 0 Å². The quantitative estimate of drug-likeness (QED) is 0.796. The van der Waals surface area contributed by atoms with E-state index >= 15 is 0 Å². The van der Waals surface area contributed by atoms with Crippen LogP contribution in [0.4, 0.5) is 5.13 Å². The van der Waals surface area contributed by atoms with Crippen LogP contribution < -0.4 is 5.32 Å². The highest BCUT2D eigenvalue weighted by Gasteiger charge is 2.32. The monoisotopic (exact) mass is 270 g/mol. The van der Waals surface area contributed by atoms with Crippen LogP contribution in [0.5, 0.6) is 0 Å². The summed E-state index contributed by atoms with van der Waals surface area (Å²) in [6.45, 7) is 7.66. The summed E-state index contributed by atoms with van der Waals surface area (Å²) < 4.78 is 0. The Labute approximate surface area is 112 Å². The maximum atomic E-state index is 11.2. The lowest BCUT2D eigenvalue weighted by molar-refractivity contribution is -0.142. The van der Waals surface area contributed by atoms with E-state index in [9.17, 15) is 4.79 Å². The first-order valence-corrected chi connectivity index (χ1v) is 7.25. The Balaban J connectivity index is 2.77. The second-order valence-electron chi connectivity index (χ2n) is 5.01. The standard InChI is InChI=1S/C13H22N2O2S/c1-5-7-9(6-2)14-12-15-10(8-18-12)13(3,4)11(16)17/h8-9H,5-7H2,1-4H3,(H,14,15)(H,16,17). The van der Waals surface area contributed by atoms with Crippen molar-refractivity contribution in [2.45, 2.75) is 58.4 Å². The number of nitrogens with zero attached hydrogens (tertiary/aromatic N) is 1. The Hall–Kier alpha value is -1.10. The van der Waals surface area contributed by atoms with Crippen molar-refractivity contribution in [1.82, 2.24) is 4.98 Å². The average Bonchev–Trinajstić information content (AvgIpc) is 2.77. The number of carboxylic acid groups (broad SMARTS) is 1. The third-order valence-corrected chi connectivity index (χ3v) is 3.91. The van der Waals surface area contributed by atoms with Crippen molar-refractivity contribution in [3.63, 3.8) is 0 Å². The van der Waals surface area contributed by atoms with Crippen LogP contribution in [0.25, 0.3) is 0 Å². The summed E-state index contributed by atoms with van der Waals surface area (Å²) in [6.07, 6.45) is 3.28. The molecule has 0 spiro atoms. The summed E-state index contributed by atoms with van der Waals surface area (Å²) in [5.41, 5.74) is -0.308. The molecule has 1 heterocycles. The van der Waals surface area contributed by atoms with Gasteiger partial charge >= 0.3 is 5.97 Å². The topological polar surface area (TPSA) is 62.2 Å². The molecule has 1 aromatic heterocycles. The van der Waals surface area contributed by atoms with Gasteiger partial charge in [0.15, 0.2) is 5.13 Å². The smallest absolute Gasteiger partial charge is 0.315 e. The SMILES string of the molecule is CCCC(CC)Nc1nc(C(C)(C)C(=O)O)cs1. The minimum atomic E-state index is -0.928. The average molecular weight is 270 g/mol. The van der Waals surface area contributed by atoms with E-state index in [2.05, 4.69) is 24.1 Å². The summed E-state index contributed by atoms with van der Waals surface area (Å²) in [7, 11) is 0. The molecule has 4 nitrogen and oxygen atoms in total. The van der Waals surface area contributed by atoms with Crippen LogP contribution in [-0.4, -0.2) is 22.1 Å². The zero-order valence-electron chi connectivity index (χ0n) is 11.5. The van der Waals surface area contributed by atoms with Crippen LogP contribution in [-0.2, 0) is 10.2 Å². The van der Waals surface area contributed by atoms with Crippen molar-refractivity contribution in [3.8, 4) is 0 Å². The predicted octanol–water partition coefficient (Wildman–Crippen LogP) is 3.50. The Morgan fingerprint density at radius 2 is 2.22 bits per heavy atom. The summed E-state index contributed by atoms with van der Waals surface area (Å²) in [6, 6.07) is 0.418. The number of carboxylic acids is 1. The van der Waals surface area contributed by atoms with Gasteiger partial charge < -0.3 is 10.4 Å². The molecule has 1 atom stereocenters. The molecular formula is C13H22N2O2S. The number of thiazole rings is 1. The number of anilines is 1. The fourth-order valence-corrected chi connectivity index (χ4v) is 2.59. The molecular weight excluding hydrogens is 248 g/mol. The van der Waals surface area contributed by atoms with E-state index in [1.54, 1.807) is 13.8 Å². The van der Waals surface area contributed by atoms with Gasteiger partial charge in [0.1, 0.15) is 5.41 Å². The zero-order chi connectivity index (χ0) is 13.8. The third kappa shape index (κ3) is 3.45. The first kappa shape index (κ1) is 15.0.